The lowest BCUT2D eigenvalue weighted by molar-refractivity contribution is 0.147. The summed E-state index contributed by atoms with van der Waals surface area (Å²) in [6, 6.07) is 6.62. The first-order chi connectivity index (χ1) is 7.70. The molecule has 0 fully saturated rings. The van der Waals surface area contributed by atoms with Gasteiger partial charge in [0.25, 0.3) is 0 Å². The van der Waals surface area contributed by atoms with Gasteiger partial charge >= 0.3 is 0 Å². The molecule has 3 heteroatoms. The average Bonchev–Trinajstić information content (AvgIpc) is 2.25. The molecule has 0 aliphatic carbocycles. The molecule has 16 heavy (non-hydrogen) atoms. The topological polar surface area (TPSA) is 21.3 Å². The minimum absolute atomic E-state index is 0.232. The van der Waals surface area contributed by atoms with Crippen LogP contribution in [0.4, 0.5) is 10.1 Å². The molecular formula is C13H18FNO. The summed E-state index contributed by atoms with van der Waals surface area (Å²) in [5.41, 5.74) is 1.63. The van der Waals surface area contributed by atoms with Crippen molar-refractivity contribution in [3.63, 3.8) is 0 Å². The normalized spacial score (nSPS) is 10.1. The van der Waals surface area contributed by atoms with E-state index in [0.717, 1.165) is 12.0 Å². The molecule has 1 aromatic rings. The minimum Gasteiger partial charge on any atom is -0.380 e. The molecule has 0 aliphatic heterocycles. The van der Waals surface area contributed by atoms with Crippen LogP contribution < -0.4 is 5.32 Å². The third kappa shape index (κ3) is 4.94. The SMILES string of the molecule is C=C(C)CCOCCNc1ccccc1F. The number of rotatable bonds is 7. The van der Waals surface area contributed by atoms with Crippen molar-refractivity contribution in [2.45, 2.75) is 13.3 Å². The maximum atomic E-state index is 13.2. The van der Waals surface area contributed by atoms with Crippen LogP contribution in [0.3, 0.4) is 0 Å². The van der Waals surface area contributed by atoms with Gasteiger partial charge in [-0.05, 0) is 25.5 Å². The number of hydrogen-bond donors (Lipinski definition) is 1. The molecule has 0 saturated carbocycles. The molecule has 2 nitrogen and oxygen atoms in total. The summed E-state index contributed by atoms with van der Waals surface area (Å²) in [4.78, 5) is 0. The highest BCUT2D eigenvalue weighted by Crippen LogP contribution is 2.11. The van der Waals surface area contributed by atoms with Crippen LogP contribution in [-0.4, -0.2) is 19.8 Å². The number of hydrogen-bond acceptors (Lipinski definition) is 2. The van der Waals surface area contributed by atoms with Crippen LogP contribution in [0.1, 0.15) is 13.3 Å². The highest BCUT2D eigenvalue weighted by Gasteiger charge is 1.98. The van der Waals surface area contributed by atoms with Gasteiger partial charge in [-0.3, -0.25) is 0 Å². The van der Waals surface area contributed by atoms with E-state index in [-0.39, 0.29) is 5.82 Å². The van der Waals surface area contributed by atoms with Crippen molar-refractivity contribution in [3.05, 3.63) is 42.2 Å². The monoisotopic (exact) mass is 223 g/mol. The van der Waals surface area contributed by atoms with Gasteiger partial charge in [-0.25, -0.2) is 4.39 Å². The van der Waals surface area contributed by atoms with Crippen molar-refractivity contribution < 1.29 is 9.13 Å². The number of anilines is 1. The molecule has 88 valence electrons. The van der Waals surface area contributed by atoms with Crippen molar-refractivity contribution in [2.75, 3.05) is 25.1 Å². The molecule has 0 saturated heterocycles. The lowest BCUT2D eigenvalue weighted by Crippen LogP contribution is -2.10. The van der Waals surface area contributed by atoms with E-state index in [4.69, 9.17) is 4.74 Å². The maximum Gasteiger partial charge on any atom is 0.146 e. The quantitative estimate of drug-likeness (QED) is 0.566. The summed E-state index contributed by atoms with van der Waals surface area (Å²) in [6.07, 6.45) is 0.875. The zero-order valence-corrected chi connectivity index (χ0v) is 9.63. The molecule has 0 aliphatic rings. The van der Waals surface area contributed by atoms with Crippen LogP contribution in [0.15, 0.2) is 36.4 Å². The van der Waals surface area contributed by atoms with Crippen molar-refractivity contribution >= 4 is 5.69 Å². The van der Waals surface area contributed by atoms with Gasteiger partial charge in [0, 0.05) is 6.54 Å². The maximum absolute atomic E-state index is 13.2. The predicted octanol–water partition coefficient (Wildman–Crippen LogP) is 3.22. The lowest BCUT2D eigenvalue weighted by Gasteiger charge is -2.07. The number of ether oxygens (including phenoxy) is 1. The Morgan fingerprint density at radius 2 is 2.12 bits per heavy atom. The second kappa shape index (κ2) is 7.01. The molecule has 0 heterocycles. The number of nitrogens with one attached hydrogen (secondary N) is 1. The molecule has 1 N–H and O–H groups in total. The fourth-order valence-electron chi connectivity index (χ4n) is 1.21. The Morgan fingerprint density at radius 1 is 1.38 bits per heavy atom. The smallest absolute Gasteiger partial charge is 0.146 e. The van der Waals surface area contributed by atoms with Crippen LogP contribution in [0.2, 0.25) is 0 Å². The molecule has 0 spiro atoms. The van der Waals surface area contributed by atoms with Gasteiger partial charge in [-0.15, -0.1) is 6.58 Å². The Bertz CT molecular complexity index is 338. The summed E-state index contributed by atoms with van der Waals surface area (Å²) in [6.45, 7) is 7.61. The van der Waals surface area contributed by atoms with E-state index in [2.05, 4.69) is 11.9 Å². The van der Waals surface area contributed by atoms with Crippen molar-refractivity contribution in [1.29, 1.82) is 0 Å². The van der Waals surface area contributed by atoms with Crippen LogP contribution in [0, 0.1) is 5.82 Å². The van der Waals surface area contributed by atoms with Gasteiger partial charge in [-0.2, -0.15) is 0 Å². The van der Waals surface area contributed by atoms with Gasteiger partial charge in [0.2, 0.25) is 0 Å². The Morgan fingerprint density at radius 3 is 2.81 bits per heavy atom. The zero-order chi connectivity index (χ0) is 11.8. The standard InChI is InChI=1S/C13H18FNO/c1-11(2)7-9-16-10-8-15-13-6-4-3-5-12(13)14/h3-6,15H,1,7-10H2,2H3. The summed E-state index contributed by atoms with van der Waals surface area (Å²) < 4.78 is 18.5. The van der Waals surface area contributed by atoms with E-state index < -0.39 is 0 Å². The van der Waals surface area contributed by atoms with E-state index in [9.17, 15) is 4.39 Å². The van der Waals surface area contributed by atoms with Gasteiger partial charge in [-0.1, -0.05) is 17.7 Å². The van der Waals surface area contributed by atoms with Crippen LogP contribution in [0.5, 0.6) is 0 Å². The third-order valence-electron chi connectivity index (χ3n) is 2.11. The number of halogens is 1. The first kappa shape index (κ1) is 12.7. The highest BCUT2D eigenvalue weighted by atomic mass is 19.1. The fraction of sp³-hybridized carbons (Fsp3) is 0.385. The number of para-hydroxylation sites is 1. The first-order valence-electron chi connectivity index (χ1n) is 5.40. The second-order valence-corrected chi connectivity index (χ2v) is 3.73. The zero-order valence-electron chi connectivity index (χ0n) is 9.63. The molecule has 0 aromatic heterocycles. The molecule has 0 bridgehead atoms. The first-order valence-corrected chi connectivity index (χ1v) is 5.40. The molecular weight excluding hydrogens is 205 g/mol. The lowest BCUT2D eigenvalue weighted by atomic mass is 10.3. The Labute approximate surface area is 96.1 Å². The van der Waals surface area contributed by atoms with E-state index in [1.807, 2.05) is 6.92 Å². The third-order valence-corrected chi connectivity index (χ3v) is 2.11. The molecule has 0 atom stereocenters. The minimum atomic E-state index is -0.232. The van der Waals surface area contributed by atoms with Crippen LogP contribution in [-0.2, 0) is 4.74 Å². The number of benzene rings is 1. The molecule has 0 amide bonds. The Hall–Kier alpha value is -1.35. The fourth-order valence-corrected chi connectivity index (χ4v) is 1.21. The van der Waals surface area contributed by atoms with E-state index in [1.165, 1.54) is 6.07 Å². The van der Waals surface area contributed by atoms with Gasteiger partial charge < -0.3 is 10.1 Å². The summed E-state index contributed by atoms with van der Waals surface area (Å²) in [7, 11) is 0. The largest absolute Gasteiger partial charge is 0.380 e. The molecule has 0 unspecified atom stereocenters. The van der Waals surface area contributed by atoms with Gasteiger partial charge in [0.15, 0.2) is 0 Å². The Kier molecular flexibility index (Phi) is 5.57. The molecule has 1 aromatic carbocycles. The Balaban J connectivity index is 2.12. The van der Waals surface area contributed by atoms with E-state index in [0.29, 0.717) is 25.4 Å². The van der Waals surface area contributed by atoms with E-state index in [1.54, 1.807) is 18.2 Å². The van der Waals surface area contributed by atoms with Crippen molar-refractivity contribution in [3.8, 4) is 0 Å². The highest BCUT2D eigenvalue weighted by molar-refractivity contribution is 5.44. The summed E-state index contributed by atoms with van der Waals surface area (Å²) >= 11 is 0. The summed E-state index contributed by atoms with van der Waals surface area (Å²) in [5.74, 6) is -0.232. The predicted molar refractivity (Wildman–Crippen MR) is 65.1 cm³/mol. The molecule has 1 rings (SSSR count). The average molecular weight is 223 g/mol. The van der Waals surface area contributed by atoms with Crippen molar-refractivity contribution in [2.24, 2.45) is 0 Å². The van der Waals surface area contributed by atoms with Gasteiger partial charge in [0.1, 0.15) is 5.82 Å². The second-order valence-electron chi connectivity index (χ2n) is 3.73. The van der Waals surface area contributed by atoms with Crippen molar-refractivity contribution in [1.82, 2.24) is 0 Å². The van der Waals surface area contributed by atoms with Gasteiger partial charge in [0.05, 0.1) is 18.9 Å². The van der Waals surface area contributed by atoms with Crippen LogP contribution >= 0.6 is 0 Å². The molecule has 0 radical (unpaired) electrons. The van der Waals surface area contributed by atoms with E-state index >= 15 is 0 Å². The summed E-state index contributed by atoms with van der Waals surface area (Å²) in [5, 5.41) is 2.98. The van der Waals surface area contributed by atoms with Crippen LogP contribution in [0.25, 0.3) is 0 Å².